The van der Waals surface area contributed by atoms with Gasteiger partial charge in [0.15, 0.2) is 11.7 Å². The van der Waals surface area contributed by atoms with Gasteiger partial charge >= 0.3 is 5.97 Å². The van der Waals surface area contributed by atoms with Crippen LogP contribution in [-0.2, 0) is 15.1 Å². The first kappa shape index (κ1) is 25.8. The van der Waals surface area contributed by atoms with Gasteiger partial charge in [0.1, 0.15) is 0 Å². The number of aromatic hydroxyl groups is 1. The second kappa shape index (κ2) is 10.9. The number of nitrogens with two attached hydrogens (primary N) is 2. The van der Waals surface area contributed by atoms with E-state index in [4.69, 9.17) is 34.7 Å². The first-order valence-electron chi connectivity index (χ1n) is 9.66. The van der Waals surface area contributed by atoms with E-state index in [0.717, 1.165) is 0 Å². The number of amides is 2. The maximum Gasteiger partial charge on any atom is 0.306 e. The third-order valence-electron chi connectivity index (χ3n) is 4.78. The number of carbonyl (C=O) groups is 3. The van der Waals surface area contributed by atoms with Crippen molar-refractivity contribution in [3.63, 3.8) is 0 Å². The lowest BCUT2D eigenvalue weighted by Gasteiger charge is -2.33. The first-order chi connectivity index (χ1) is 15.5. The van der Waals surface area contributed by atoms with Gasteiger partial charge in [-0.05, 0) is 42.3 Å². The summed E-state index contributed by atoms with van der Waals surface area (Å²) in [5, 5.41) is 24.2. The molecule has 2 aromatic rings. The largest absolute Gasteiger partial charge is 0.505 e. The highest BCUT2D eigenvalue weighted by Crippen LogP contribution is 2.38. The normalized spacial score (nSPS) is 12.3. The number of aliphatic imine (C=N–C) groups is 1. The molecule has 176 valence electrons. The molecule has 0 aromatic heterocycles. The Morgan fingerprint density at radius 2 is 1.76 bits per heavy atom. The number of hydrogen-bond acceptors (Lipinski definition) is 5. The molecule has 0 heterocycles. The SMILES string of the molecule is CCC(CC(=O)O)(NC(=O)CNC(=O)c1cccc(N=C(N)N)c1)c1cc(Cl)c(O)c(Cl)c1. The van der Waals surface area contributed by atoms with Gasteiger partial charge in [0.25, 0.3) is 5.91 Å². The number of carboxylic acid groups (broad SMARTS) is 1. The fourth-order valence-electron chi connectivity index (χ4n) is 3.18. The summed E-state index contributed by atoms with van der Waals surface area (Å²) in [7, 11) is 0. The predicted molar refractivity (Wildman–Crippen MR) is 125 cm³/mol. The van der Waals surface area contributed by atoms with Crippen LogP contribution < -0.4 is 22.1 Å². The summed E-state index contributed by atoms with van der Waals surface area (Å²) >= 11 is 12.0. The predicted octanol–water partition coefficient (Wildman–Crippen LogP) is 2.23. The Morgan fingerprint density at radius 1 is 1.12 bits per heavy atom. The molecule has 1 atom stereocenters. The number of carbonyl (C=O) groups excluding carboxylic acids is 2. The molecule has 2 amide bonds. The van der Waals surface area contributed by atoms with Gasteiger partial charge in [-0.25, -0.2) is 4.99 Å². The van der Waals surface area contributed by atoms with Gasteiger partial charge in [-0.3, -0.25) is 14.4 Å². The number of nitrogens with one attached hydrogen (secondary N) is 2. The Balaban J connectivity index is 2.21. The summed E-state index contributed by atoms with van der Waals surface area (Å²) in [5.74, 6) is -2.92. The monoisotopic (exact) mass is 495 g/mol. The standard InChI is InChI=1S/C21H23Cl2N5O5/c1-2-21(9-17(30)31,12-7-14(22)18(32)15(23)8-12)28-16(29)10-26-19(33)11-4-3-5-13(6-11)27-20(24)25/h3-8,32H,2,9-10H2,1H3,(H,26,33)(H,28,29)(H,30,31)(H4,24,25,27). The van der Waals surface area contributed by atoms with E-state index in [2.05, 4.69) is 15.6 Å². The molecule has 0 fully saturated rings. The van der Waals surface area contributed by atoms with E-state index in [1.54, 1.807) is 19.1 Å². The Kier molecular flexibility index (Phi) is 8.50. The zero-order valence-electron chi connectivity index (χ0n) is 17.6. The highest BCUT2D eigenvalue weighted by Gasteiger charge is 2.36. The fourth-order valence-corrected chi connectivity index (χ4v) is 3.66. The van der Waals surface area contributed by atoms with Gasteiger partial charge in [0.05, 0.1) is 34.2 Å². The van der Waals surface area contributed by atoms with Crippen LogP contribution in [0.15, 0.2) is 41.4 Å². The molecule has 0 aliphatic rings. The lowest BCUT2D eigenvalue weighted by atomic mass is 9.83. The zero-order chi connectivity index (χ0) is 24.8. The molecule has 0 bridgehead atoms. The number of phenolic OH excluding ortho intramolecular Hbond substituents is 1. The van der Waals surface area contributed by atoms with E-state index in [-0.39, 0.29) is 33.7 Å². The molecule has 33 heavy (non-hydrogen) atoms. The minimum atomic E-state index is -1.39. The second-order valence-electron chi connectivity index (χ2n) is 7.11. The molecule has 0 saturated heterocycles. The molecule has 0 radical (unpaired) electrons. The second-order valence-corrected chi connectivity index (χ2v) is 7.93. The van der Waals surface area contributed by atoms with Crippen LogP contribution in [0.2, 0.25) is 10.0 Å². The number of halogens is 2. The van der Waals surface area contributed by atoms with Crippen molar-refractivity contribution in [3.05, 3.63) is 57.6 Å². The molecular weight excluding hydrogens is 473 g/mol. The van der Waals surface area contributed by atoms with Crippen LogP contribution in [0.1, 0.15) is 35.7 Å². The first-order valence-corrected chi connectivity index (χ1v) is 10.4. The summed E-state index contributed by atoms with van der Waals surface area (Å²) < 4.78 is 0. The molecule has 2 rings (SSSR count). The number of nitrogens with zero attached hydrogens (tertiary/aromatic N) is 1. The lowest BCUT2D eigenvalue weighted by molar-refractivity contribution is -0.139. The smallest absolute Gasteiger partial charge is 0.306 e. The highest BCUT2D eigenvalue weighted by molar-refractivity contribution is 6.37. The topological polar surface area (TPSA) is 180 Å². The Bertz CT molecular complexity index is 1080. The van der Waals surface area contributed by atoms with Gasteiger partial charge in [0.2, 0.25) is 5.91 Å². The van der Waals surface area contributed by atoms with Gasteiger partial charge in [0, 0.05) is 5.56 Å². The van der Waals surface area contributed by atoms with E-state index in [9.17, 15) is 24.6 Å². The summed E-state index contributed by atoms with van der Waals surface area (Å²) in [6.45, 7) is 1.23. The molecule has 12 heteroatoms. The Hall–Kier alpha value is -3.50. The number of phenols is 1. The average molecular weight is 496 g/mol. The van der Waals surface area contributed by atoms with Crippen molar-refractivity contribution in [3.8, 4) is 5.75 Å². The summed E-state index contributed by atoms with van der Waals surface area (Å²) in [6, 6.07) is 8.80. The lowest BCUT2D eigenvalue weighted by Crippen LogP contribution is -2.50. The Morgan fingerprint density at radius 3 is 2.30 bits per heavy atom. The van der Waals surface area contributed by atoms with Gasteiger partial charge < -0.3 is 32.3 Å². The van der Waals surface area contributed by atoms with Crippen LogP contribution >= 0.6 is 23.2 Å². The molecule has 0 aliphatic carbocycles. The average Bonchev–Trinajstić information content (AvgIpc) is 2.74. The summed E-state index contributed by atoms with van der Waals surface area (Å²) in [4.78, 5) is 40.5. The zero-order valence-corrected chi connectivity index (χ0v) is 19.1. The quantitative estimate of drug-likeness (QED) is 0.227. The number of benzene rings is 2. The maximum absolute atomic E-state index is 12.7. The number of guanidine groups is 1. The number of aliphatic carboxylic acids is 1. The van der Waals surface area contributed by atoms with Crippen LogP contribution in [0, 0.1) is 0 Å². The van der Waals surface area contributed by atoms with E-state index < -0.39 is 36.3 Å². The molecule has 0 spiro atoms. The third-order valence-corrected chi connectivity index (χ3v) is 5.36. The molecule has 1 unspecified atom stereocenters. The van der Waals surface area contributed by atoms with Crippen molar-refractivity contribution in [2.24, 2.45) is 16.5 Å². The van der Waals surface area contributed by atoms with Crippen molar-refractivity contribution < 1.29 is 24.6 Å². The van der Waals surface area contributed by atoms with Crippen molar-refractivity contribution in [1.29, 1.82) is 0 Å². The van der Waals surface area contributed by atoms with Crippen molar-refractivity contribution in [1.82, 2.24) is 10.6 Å². The minimum absolute atomic E-state index is 0.0936. The molecular formula is C21H23Cl2N5O5. The molecule has 10 nitrogen and oxygen atoms in total. The number of hydrogen-bond donors (Lipinski definition) is 6. The van der Waals surface area contributed by atoms with Crippen LogP contribution in [0.5, 0.6) is 5.75 Å². The van der Waals surface area contributed by atoms with Gasteiger partial charge in [-0.15, -0.1) is 0 Å². The van der Waals surface area contributed by atoms with Crippen molar-refractivity contribution in [2.45, 2.75) is 25.3 Å². The summed E-state index contributed by atoms with van der Waals surface area (Å²) in [6.07, 6.45) is -0.321. The molecule has 2 aromatic carbocycles. The summed E-state index contributed by atoms with van der Waals surface area (Å²) in [5.41, 5.74) is 10.2. The van der Waals surface area contributed by atoms with Gasteiger partial charge in [-0.2, -0.15) is 0 Å². The number of rotatable bonds is 9. The Labute approximate surface area is 199 Å². The molecule has 0 aliphatic heterocycles. The van der Waals surface area contributed by atoms with E-state index >= 15 is 0 Å². The molecule has 8 N–H and O–H groups in total. The van der Waals surface area contributed by atoms with Crippen molar-refractivity contribution in [2.75, 3.05) is 6.54 Å². The minimum Gasteiger partial charge on any atom is -0.505 e. The van der Waals surface area contributed by atoms with Crippen LogP contribution in [0.25, 0.3) is 0 Å². The van der Waals surface area contributed by atoms with Crippen LogP contribution in [-0.4, -0.2) is 40.5 Å². The van der Waals surface area contributed by atoms with E-state index in [1.165, 1.54) is 24.3 Å². The third kappa shape index (κ3) is 6.74. The van der Waals surface area contributed by atoms with Crippen LogP contribution in [0.4, 0.5) is 5.69 Å². The van der Waals surface area contributed by atoms with Crippen LogP contribution in [0.3, 0.4) is 0 Å². The fraction of sp³-hybridized carbons (Fsp3) is 0.238. The maximum atomic E-state index is 12.7. The van der Waals surface area contributed by atoms with Crippen molar-refractivity contribution >= 4 is 52.6 Å². The molecule has 0 saturated carbocycles. The highest BCUT2D eigenvalue weighted by atomic mass is 35.5. The van der Waals surface area contributed by atoms with E-state index in [0.29, 0.717) is 11.3 Å². The van der Waals surface area contributed by atoms with Gasteiger partial charge in [-0.1, -0.05) is 36.2 Å². The number of carboxylic acids is 1. The van der Waals surface area contributed by atoms with E-state index in [1.807, 2.05) is 0 Å².